The highest BCUT2D eigenvalue weighted by Crippen LogP contribution is 2.39. The summed E-state index contributed by atoms with van der Waals surface area (Å²) in [6.07, 6.45) is 13.9. The number of sulfone groups is 1. The monoisotopic (exact) mass is 803 g/mol. The van der Waals surface area contributed by atoms with Gasteiger partial charge in [0.1, 0.15) is 15.9 Å². The zero-order chi connectivity index (χ0) is 41.0. The van der Waals surface area contributed by atoms with E-state index in [1.807, 2.05) is 31.2 Å². The number of anilines is 3. The van der Waals surface area contributed by atoms with Gasteiger partial charge in [0, 0.05) is 36.3 Å². The predicted molar refractivity (Wildman–Crippen MR) is 223 cm³/mol. The standard InChI is InChI=1S/C43H57N5O8S/c1-4-56-38-26-30(19-21-37(38)55-2)36(28-57(3,53)54)48-42(51)33-24-29(25-34(44)40(33)43(48)52)16-13-11-9-7-5-6-8-10-12-14-23-45-31-17-15-18-32(27-31)46-35-20-22-39(49)47-41(35)50/h15,17-19,21,24-27,35-36,45-46H,4-14,16,20,22-23,28,44H2,1-3H3,(H,47,49,50). The van der Waals surface area contributed by atoms with Gasteiger partial charge in [-0.15, -0.1) is 0 Å². The highest BCUT2D eigenvalue weighted by Gasteiger charge is 2.43. The number of nitrogens with zero attached hydrogens (tertiary/aromatic N) is 1. The van der Waals surface area contributed by atoms with Crippen molar-refractivity contribution in [2.24, 2.45) is 0 Å². The summed E-state index contributed by atoms with van der Waals surface area (Å²) in [4.78, 5) is 52.0. The van der Waals surface area contributed by atoms with Crippen molar-refractivity contribution >= 4 is 50.5 Å². The second kappa shape index (κ2) is 20.4. The van der Waals surface area contributed by atoms with Crippen LogP contribution >= 0.6 is 0 Å². The molecule has 2 atom stereocenters. The highest BCUT2D eigenvalue weighted by molar-refractivity contribution is 7.90. The van der Waals surface area contributed by atoms with Crippen molar-refractivity contribution < 1.29 is 37.1 Å². The van der Waals surface area contributed by atoms with E-state index in [9.17, 15) is 27.6 Å². The number of ether oxygens (including phenoxy) is 2. The molecule has 2 aliphatic rings. The smallest absolute Gasteiger partial charge is 0.264 e. The summed E-state index contributed by atoms with van der Waals surface area (Å²) < 4.78 is 36.2. The lowest BCUT2D eigenvalue weighted by Gasteiger charge is -2.26. The van der Waals surface area contributed by atoms with Gasteiger partial charge in [-0.3, -0.25) is 29.4 Å². The van der Waals surface area contributed by atoms with Gasteiger partial charge < -0.3 is 25.8 Å². The molecule has 0 spiro atoms. The van der Waals surface area contributed by atoms with Crippen LogP contribution in [0.5, 0.6) is 11.5 Å². The number of amides is 4. The van der Waals surface area contributed by atoms with E-state index in [-0.39, 0.29) is 28.6 Å². The maximum Gasteiger partial charge on any atom is 0.264 e. The van der Waals surface area contributed by atoms with Crippen LogP contribution in [-0.2, 0) is 25.8 Å². The van der Waals surface area contributed by atoms with Crippen LogP contribution in [0.4, 0.5) is 17.1 Å². The van der Waals surface area contributed by atoms with E-state index in [0.29, 0.717) is 36.5 Å². The van der Waals surface area contributed by atoms with Crippen LogP contribution < -0.4 is 31.2 Å². The number of carbonyl (C=O) groups excluding carboxylic acids is 4. The van der Waals surface area contributed by atoms with E-state index in [1.54, 1.807) is 30.3 Å². The molecule has 2 aliphatic heterocycles. The molecule has 3 aromatic rings. The Labute approximate surface area is 336 Å². The number of nitrogens with two attached hydrogens (primary N) is 1. The lowest BCUT2D eigenvalue weighted by Crippen LogP contribution is -2.47. The molecule has 2 unspecified atom stereocenters. The van der Waals surface area contributed by atoms with Gasteiger partial charge in [0.15, 0.2) is 11.5 Å². The van der Waals surface area contributed by atoms with E-state index in [1.165, 1.54) is 32.8 Å². The quantitative estimate of drug-likeness (QED) is 0.0447. The second-order valence-electron chi connectivity index (χ2n) is 15.0. The van der Waals surface area contributed by atoms with Crippen LogP contribution in [0.2, 0.25) is 0 Å². The van der Waals surface area contributed by atoms with Crippen molar-refractivity contribution in [2.75, 3.05) is 48.6 Å². The van der Waals surface area contributed by atoms with Gasteiger partial charge >= 0.3 is 0 Å². The molecule has 2 heterocycles. The number of hydrogen-bond acceptors (Lipinski definition) is 11. The lowest BCUT2D eigenvalue weighted by atomic mass is 9.99. The van der Waals surface area contributed by atoms with Crippen molar-refractivity contribution in [2.45, 2.75) is 102 Å². The Hall–Kier alpha value is -5.11. The van der Waals surface area contributed by atoms with Crippen molar-refractivity contribution in [3.05, 3.63) is 76.9 Å². The fourth-order valence-corrected chi connectivity index (χ4v) is 8.45. The Kier molecular flexibility index (Phi) is 15.4. The van der Waals surface area contributed by atoms with E-state index in [0.717, 1.165) is 79.6 Å². The van der Waals surface area contributed by atoms with Gasteiger partial charge in [0.25, 0.3) is 11.8 Å². The number of nitrogen functional groups attached to an aromatic ring is 1. The number of unbranched alkanes of at least 4 members (excludes halogenated alkanes) is 9. The molecule has 57 heavy (non-hydrogen) atoms. The minimum Gasteiger partial charge on any atom is -0.493 e. The number of piperidine rings is 1. The number of benzene rings is 3. The number of aryl methyl sites for hydroxylation is 1. The number of rotatable bonds is 23. The molecule has 0 aliphatic carbocycles. The number of methoxy groups -OCH3 is 1. The molecule has 3 aromatic carbocycles. The van der Waals surface area contributed by atoms with Crippen LogP contribution in [-0.4, -0.2) is 75.3 Å². The Morgan fingerprint density at radius 2 is 1.54 bits per heavy atom. The average Bonchev–Trinajstić information content (AvgIpc) is 3.42. The topological polar surface area (TPSA) is 186 Å². The first-order valence-corrected chi connectivity index (χ1v) is 22.2. The SMILES string of the molecule is CCOc1cc(C(CS(C)(=O)=O)N2C(=O)c3cc(CCCCCCCCCCCCNc4cccc(NC5CCC(=O)NC5=O)c4)cc(N)c3C2=O)ccc1OC. The van der Waals surface area contributed by atoms with Crippen molar-refractivity contribution in [3.8, 4) is 11.5 Å². The summed E-state index contributed by atoms with van der Waals surface area (Å²) in [6.45, 7) is 3.04. The largest absolute Gasteiger partial charge is 0.493 e. The summed E-state index contributed by atoms with van der Waals surface area (Å²) >= 11 is 0. The van der Waals surface area contributed by atoms with Crippen molar-refractivity contribution in [1.29, 1.82) is 0 Å². The third-order valence-corrected chi connectivity index (χ3v) is 11.3. The normalized spacial score (nSPS) is 16.0. The molecular weight excluding hydrogens is 747 g/mol. The third kappa shape index (κ3) is 12.0. The predicted octanol–water partition coefficient (Wildman–Crippen LogP) is 6.83. The van der Waals surface area contributed by atoms with E-state index < -0.39 is 39.5 Å². The van der Waals surface area contributed by atoms with Crippen LogP contribution in [0.3, 0.4) is 0 Å². The van der Waals surface area contributed by atoms with E-state index in [2.05, 4.69) is 16.0 Å². The van der Waals surface area contributed by atoms with Gasteiger partial charge in [0.05, 0.1) is 36.6 Å². The molecule has 5 rings (SSSR count). The molecule has 4 amide bonds. The summed E-state index contributed by atoms with van der Waals surface area (Å²) in [6, 6.07) is 14.8. The van der Waals surface area contributed by atoms with Crippen molar-refractivity contribution in [1.82, 2.24) is 10.2 Å². The lowest BCUT2D eigenvalue weighted by molar-refractivity contribution is -0.133. The molecule has 0 bridgehead atoms. The molecule has 1 fully saturated rings. The van der Waals surface area contributed by atoms with Crippen molar-refractivity contribution in [3.63, 3.8) is 0 Å². The van der Waals surface area contributed by atoms with Crippen LogP contribution in [0.15, 0.2) is 54.6 Å². The summed E-state index contributed by atoms with van der Waals surface area (Å²) in [7, 11) is -2.12. The third-order valence-electron chi connectivity index (χ3n) is 10.4. The molecule has 5 N–H and O–H groups in total. The number of carbonyl (C=O) groups is 4. The molecular formula is C43H57N5O8S. The number of imide groups is 2. The minimum atomic E-state index is -3.62. The first-order chi connectivity index (χ1) is 27.4. The Balaban J connectivity index is 0.999. The molecule has 0 saturated carbocycles. The first-order valence-electron chi connectivity index (χ1n) is 20.1. The first kappa shape index (κ1) is 43.0. The molecule has 13 nitrogen and oxygen atoms in total. The summed E-state index contributed by atoms with van der Waals surface area (Å²) in [5, 5.41) is 9.07. The molecule has 1 saturated heterocycles. The molecule has 0 radical (unpaired) electrons. The summed E-state index contributed by atoms with van der Waals surface area (Å²) in [5.74, 6) is -1.28. The van der Waals surface area contributed by atoms with E-state index >= 15 is 0 Å². The number of fused-ring (bicyclic) bond motifs is 1. The van der Waals surface area contributed by atoms with Gasteiger partial charge in [-0.2, -0.15) is 0 Å². The molecule has 308 valence electrons. The Bertz CT molecular complexity index is 2020. The second-order valence-corrected chi connectivity index (χ2v) is 17.2. The highest BCUT2D eigenvalue weighted by atomic mass is 32.2. The van der Waals surface area contributed by atoms with E-state index in [4.69, 9.17) is 15.2 Å². The fourth-order valence-electron chi connectivity index (χ4n) is 7.53. The maximum absolute atomic E-state index is 13.8. The zero-order valence-corrected chi connectivity index (χ0v) is 34.2. The van der Waals surface area contributed by atoms with Crippen LogP contribution in [0.1, 0.15) is 122 Å². The maximum atomic E-state index is 13.8. The van der Waals surface area contributed by atoms with Gasteiger partial charge in [0.2, 0.25) is 11.8 Å². The minimum absolute atomic E-state index is 0.114. The van der Waals surface area contributed by atoms with Gasteiger partial charge in [-0.25, -0.2) is 8.42 Å². The van der Waals surface area contributed by atoms with Gasteiger partial charge in [-0.05, 0) is 86.2 Å². The molecule has 14 heteroatoms. The van der Waals surface area contributed by atoms with Crippen LogP contribution in [0.25, 0.3) is 0 Å². The molecule has 0 aromatic heterocycles. The zero-order valence-electron chi connectivity index (χ0n) is 33.4. The van der Waals surface area contributed by atoms with Crippen LogP contribution in [0, 0.1) is 0 Å². The van der Waals surface area contributed by atoms with Gasteiger partial charge in [-0.1, -0.05) is 63.5 Å². The summed E-state index contributed by atoms with van der Waals surface area (Å²) in [5.41, 5.74) is 10.1. The number of hydrogen-bond donors (Lipinski definition) is 4. The Morgan fingerprint density at radius 1 is 0.860 bits per heavy atom. The number of nitrogens with one attached hydrogen (secondary N) is 3. The Morgan fingerprint density at radius 3 is 2.21 bits per heavy atom. The fraction of sp³-hybridized carbons (Fsp3) is 0.488. The average molecular weight is 804 g/mol.